The molecule has 1 aromatic rings. The minimum Gasteiger partial charge on any atom is -0.385 e. The molecule has 2 rings (SSSR count). The van der Waals surface area contributed by atoms with E-state index in [1.807, 2.05) is 11.3 Å². The van der Waals surface area contributed by atoms with Crippen LogP contribution in [0.15, 0.2) is 17.1 Å². The molecule has 1 fully saturated rings. The Labute approximate surface area is 167 Å². The number of rotatable bonds is 8. The smallest absolute Gasteiger partial charge is 0.191 e. The van der Waals surface area contributed by atoms with E-state index in [1.54, 1.807) is 7.11 Å². The number of aliphatic imine (C=N–C) groups is 1. The summed E-state index contributed by atoms with van der Waals surface area (Å²) < 4.78 is 5.32. The summed E-state index contributed by atoms with van der Waals surface area (Å²) in [5, 5.41) is 6.95. The van der Waals surface area contributed by atoms with Crippen molar-refractivity contribution in [2.75, 3.05) is 26.8 Å². The zero-order chi connectivity index (χ0) is 16.5. The third-order valence-corrected chi connectivity index (χ3v) is 5.65. The molecule has 0 bridgehead atoms. The predicted molar refractivity (Wildman–Crippen MR) is 115 cm³/mol. The molecule has 6 heteroatoms. The highest BCUT2D eigenvalue weighted by atomic mass is 127. The molecule has 1 saturated carbocycles. The number of aryl methyl sites for hydroxylation is 1. The molecule has 0 aromatic carbocycles. The van der Waals surface area contributed by atoms with Gasteiger partial charge < -0.3 is 15.4 Å². The lowest BCUT2D eigenvalue weighted by molar-refractivity contribution is 0.138. The summed E-state index contributed by atoms with van der Waals surface area (Å²) in [6.07, 6.45) is 6.42. The van der Waals surface area contributed by atoms with Crippen molar-refractivity contribution < 1.29 is 4.74 Å². The van der Waals surface area contributed by atoms with Gasteiger partial charge in [-0.25, -0.2) is 4.99 Å². The fourth-order valence-electron chi connectivity index (χ4n) is 3.30. The van der Waals surface area contributed by atoms with Gasteiger partial charge in [-0.1, -0.05) is 12.8 Å². The second-order valence-electron chi connectivity index (χ2n) is 6.51. The molecule has 0 spiro atoms. The molecule has 138 valence electrons. The third kappa shape index (κ3) is 6.88. The predicted octanol–water partition coefficient (Wildman–Crippen LogP) is 4.33. The van der Waals surface area contributed by atoms with Gasteiger partial charge in [0.05, 0.1) is 6.54 Å². The van der Waals surface area contributed by atoms with Gasteiger partial charge in [0, 0.05) is 36.6 Å². The van der Waals surface area contributed by atoms with Gasteiger partial charge >= 0.3 is 0 Å². The van der Waals surface area contributed by atoms with Crippen LogP contribution in [-0.4, -0.2) is 32.8 Å². The number of ether oxygens (including phenoxy) is 1. The average molecular weight is 465 g/mol. The highest BCUT2D eigenvalue weighted by Gasteiger charge is 2.33. The lowest BCUT2D eigenvalue weighted by Crippen LogP contribution is -2.43. The van der Waals surface area contributed by atoms with E-state index in [-0.39, 0.29) is 24.0 Å². The number of methoxy groups -OCH3 is 1. The molecule has 0 amide bonds. The number of thiophene rings is 1. The Hall–Kier alpha value is -0.340. The maximum Gasteiger partial charge on any atom is 0.191 e. The molecule has 0 radical (unpaired) electrons. The first-order valence-corrected chi connectivity index (χ1v) is 9.55. The summed E-state index contributed by atoms with van der Waals surface area (Å²) >= 11 is 1.82. The molecule has 1 aromatic heterocycles. The lowest BCUT2D eigenvalue weighted by Gasteiger charge is -2.30. The van der Waals surface area contributed by atoms with E-state index in [2.05, 4.69) is 36.6 Å². The van der Waals surface area contributed by atoms with E-state index in [0.29, 0.717) is 5.41 Å². The number of guanidine groups is 1. The fourth-order valence-corrected chi connectivity index (χ4v) is 4.11. The van der Waals surface area contributed by atoms with Gasteiger partial charge in [0.25, 0.3) is 0 Å². The van der Waals surface area contributed by atoms with E-state index < -0.39 is 0 Å². The SMILES string of the molecule is CCNC(=NCc1ccc(C)s1)NCC1(CCOC)CCCC1.I. The van der Waals surface area contributed by atoms with Crippen LogP contribution in [0, 0.1) is 12.3 Å². The molecule has 0 aliphatic heterocycles. The molecule has 0 unspecified atom stereocenters. The second kappa shape index (κ2) is 11.3. The number of hydrogen-bond donors (Lipinski definition) is 2. The van der Waals surface area contributed by atoms with Crippen LogP contribution >= 0.6 is 35.3 Å². The van der Waals surface area contributed by atoms with E-state index in [9.17, 15) is 0 Å². The molecular weight excluding hydrogens is 433 g/mol. The van der Waals surface area contributed by atoms with Gasteiger partial charge in [-0.3, -0.25) is 0 Å². The summed E-state index contributed by atoms with van der Waals surface area (Å²) in [4.78, 5) is 7.40. The summed E-state index contributed by atoms with van der Waals surface area (Å²) in [6.45, 7) is 7.73. The van der Waals surface area contributed by atoms with Crippen LogP contribution in [0.4, 0.5) is 0 Å². The van der Waals surface area contributed by atoms with Crippen LogP contribution in [0.2, 0.25) is 0 Å². The molecule has 4 nitrogen and oxygen atoms in total. The number of halogens is 1. The van der Waals surface area contributed by atoms with Gasteiger partial charge in [0.1, 0.15) is 0 Å². The molecule has 2 N–H and O–H groups in total. The Bertz CT molecular complexity index is 498. The Balaban J connectivity index is 0.00000288. The quantitative estimate of drug-likeness (QED) is 0.342. The molecule has 1 aliphatic rings. The molecule has 24 heavy (non-hydrogen) atoms. The zero-order valence-corrected chi connectivity index (χ0v) is 18.3. The largest absolute Gasteiger partial charge is 0.385 e. The second-order valence-corrected chi connectivity index (χ2v) is 7.88. The highest BCUT2D eigenvalue weighted by Crippen LogP contribution is 2.40. The van der Waals surface area contributed by atoms with Crippen molar-refractivity contribution in [1.82, 2.24) is 10.6 Å². The van der Waals surface area contributed by atoms with Crippen LogP contribution in [0.3, 0.4) is 0 Å². The van der Waals surface area contributed by atoms with Crippen molar-refractivity contribution >= 4 is 41.3 Å². The monoisotopic (exact) mass is 465 g/mol. The highest BCUT2D eigenvalue weighted by molar-refractivity contribution is 14.0. The Morgan fingerprint density at radius 1 is 1.29 bits per heavy atom. The van der Waals surface area contributed by atoms with Gasteiger partial charge in [-0.05, 0) is 50.7 Å². The number of nitrogens with zero attached hydrogens (tertiary/aromatic N) is 1. The molecule has 1 aliphatic carbocycles. The molecular formula is C18H32IN3OS. The van der Waals surface area contributed by atoms with E-state index >= 15 is 0 Å². The van der Waals surface area contributed by atoms with E-state index in [1.165, 1.54) is 35.4 Å². The normalized spacial score (nSPS) is 16.7. The van der Waals surface area contributed by atoms with Crippen molar-refractivity contribution in [1.29, 1.82) is 0 Å². The van der Waals surface area contributed by atoms with Gasteiger partial charge in [0.2, 0.25) is 0 Å². The summed E-state index contributed by atoms with van der Waals surface area (Å²) in [6, 6.07) is 4.33. The summed E-state index contributed by atoms with van der Waals surface area (Å²) in [7, 11) is 1.80. The topological polar surface area (TPSA) is 45.7 Å². The third-order valence-electron chi connectivity index (χ3n) is 4.66. The summed E-state index contributed by atoms with van der Waals surface area (Å²) in [5.41, 5.74) is 0.381. The van der Waals surface area contributed by atoms with Crippen molar-refractivity contribution in [3.8, 4) is 0 Å². The number of hydrogen-bond acceptors (Lipinski definition) is 3. The van der Waals surface area contributed by atoms with Crippen LogP contribution in [0.25, 0.3) is 0 Å². The van der Waals surface area contributed by atoms with Crippen LogP contribution < -0.4 is 10.6 Å². The first kappa shape index (κ1) is 21.7. The molecule has 0 atom stereocenters. The van der Waals surface area contributed by atoms with Crippen molar-refractivity contribution in [2.45, 2.75) is 52.5 Å². The Morgan fingerprint density at radius 2 is 2.04 bits per heavy atom. The molecule has 0 saturated heterocycles. The molecule has 1 heterocycles. The van der Waals surface area contributed by atoms with Gasteiger partial charge in [-0.2, -0.15) is 0 Å². The Morgan fingerprint density at radius 3 is 2.62 bits per heavy atom. The minimum absolute atomic E-state index is 0. The summed E-state index contributed by atoms with van der Waals surface area (Å²) in [5.74, 6) is 0.933. The van der Waals surface area contributed by atoms with E-state index in [0.717, 1.165) is 38.6 Å². The van der Waals surface area contributed by atoms with Gasteiger partial charge in [-0.15, -0.1) is 35.3 Å². The van der Waals surface area contributed by atoms with Gasteiger partial charge in [0.15, 0.2) is 5.96 Å². The first-order chi connectivity index (χ1) is 11.2. The standard InChI is InChI=1S/C18H31N3OS.HI/c1-4-19-17(20-13-16-8-7-15(2)23-16)21-14-18(11-12-22-3)9-5-6-10-18;/h7-8H,4-6,9-14H2,1-3H3,(H2,19,20,21);1H. The van der Waals surface area contributed by atoms with Crippen LogP contribution in [0.5, 0.6) is 0 Å². The Kier molecular flexibility index (Phi) is 10.2. The van der Waals surface area contributed by atoms with Crippen molar-refractivity contribution in [3.05, 3.63) is 21.9 Å². The minimum atomic E-state index is 0. The zero-order valence-electron chi connectivity index (χ0n) is 15.2. The maximum absolute atomic E-state index is 5.32. The number of nitrogens with one attached hydrogen (secondary N) is 2. The average Bonchev–Trinajstić information content (AvgIpc) is 3.18. The van der Waals surface area contributed by atoms with Crippen LogP contribution in [0.1, 0.15) is 48.8 Å². The maximum atomic E-state index is 5.32. The lowest BCUT2D eigenvalue weighted by atomic mass is 9.83. The first-order valence-electron chi connectivity index (χ1n) is 8.74. The van der Waals surface area contributed by atoms with Crippen molar-refractivity contribution in [3.63, 3.8) is 0 Å². The van der Waals surface area contributed by atoms with E-state index in [4.69, 9.17) is 9.73 Å². The fraction of sp³-hybridized carbons (Fsp3) is 0.722. The van der Waals surface area contributed by atoms with Crippen molar-refractivity contribution in [2.24, 2.45) is 10.4 Å². The van der Waals surface area contributed by atoms with Crippen LogP contribution in [-0.2, 0) is 11.3 Å².